The van der Waals surface area contributed by atoms with Crippen LogP contribution in [0.5, 0.6) is 0 Å². The maximum atomic E-state index is 11.3. The molecule has 1 nitrogen and oxygen atoms in total. The van der Waals surface area contributed by atoms with Crippen LogP contribution < -0.4 is 0 Å². The van der Waals surface area contributed by atoms with Crippen LogP contribution in [0.4, 0.5) is 0 Å². The molecule has 0 aromatic heterocycles. The Balaban J connectivity index is 2.60. The predicted molar refractivity (Wildman–Crippen MR) is 59.3 cm³/mol. The van der Waals surface area contributed by atoms with Gasteiger partial charge < -0.3 is 0 Å². The molecule has 1 radical (unpaired) electrons. The summed E-state index contributed by atoms with van der Waals surface area (Å²) >= 11 is 2.61. The van der Waals surface area contributed by atoms with Crippen molar-refractivity contribution in [2.45, 2.75) is 26.2 Å². The quantitative estimate of drug-likeness (QED) is 0.737. The molecule has 1 atom stereocenters. The molecule has 0 aliphatic carbocycles. The summed E-state index contributed by atoms with van der Waals surface area (Å²) in [5.74, 6) is 0.155. The molecule has 0 N–H and O–H groups in total. The standard InChI is InChI=1S/C12H15OSe/c1-2-6-11(12(13)14)9-10-7-4-3-5-8-10/h3-5,7-8,11H,2,6,9H2,1H3. The van der Waals surface area contributed by atoms with Crippen LogP contribution in [-0.2, 0) is 11.2 Å². The zero-order valence-electron chi connectivity index (χ0n) is 8.40. The van der Waals surface area contributed by atoms with Crippen LogP contribution in [-0.4, -0.2) is 20.7 Å². The average molecular weight is 254 g/mol. The van der Waals surface area contributed by atoms with Crippen molar-refractivity contribution in [1.29, 1.82) is 0 Å². The summed E-state index contributed by atoms with van der Waals surface area (Å²) in [7, 11) is 0. The summed E-state index contributed by atoms with van der Waals surface area (Å²) in [6.07, 6.45) is 2.90. The predicted octanol–water partition coefficient (Wildman–Crippen LogP) is 2.34. The Hall–Kier alpha value is -0.591. The van der Waals surface area contributed by atoms with Gasteiger partial charge in [0.05, 0.1) is 0 Å². The second-order valence-electron chi connectivity index (χ2n) is 3.49. The van der Waals surface area contributed by atoms with E-state index in [1.54, 1.807) is 0 Å². The van der Waals surface area contributed by atoms with Gasteiger partial charge in [0, 0.05) is 0 Å². The number of carbonyl (C=O) groups is 1. The normalized spacial score (nSPS) is 12.4. The van der Waals surface area contributed by atoms with E-state index in [4.69, 9.17) is 0 Å². The first-order valence-electron chi connectivity index (χ1n) is 4.98. The molecule has 2 heteroatoms. The molecule has 0 saturated heterocycles. The second kappa shape index (κ2) is 6.00. The molecule has 0 aliphatic rings. The molecule has 14 heavy (non-hydrogen) atoms. The summed E-state index contributed by atoms with van der Waals surface area (Å²) in [5, 5.41) is 0. The van der Waals surface area contributed by atoms with Gasteiger partial charge in [-0.3, -0.25) is 0 Å². The van der Waals surface area contributed by atoms with Crippen LogP contribution in [0.25, 0.3) is 0 Å². The second-order valence-corrected chi connectivity index (χ2v) is 4.34. The zero-order chi connectivity index (χ0) is 10.4. The molecule has 1 aromatic carbocycles. The third-order valence-electron chi connectivity index (χ3n) is 2.30. The van der Waals surface area contributed by atoms with Gasteiger partial charge in [0.25, 0.3) is 0 Å². The van der Waals surface area contributed by atoms with Gasteiger partial charge in [-0.15, -0.1) is 0 Å². The monoisotopic (exact) mass is 255 g/mol. The molecule has 0 spiro atoms. The molecule has 1 aromatic rings. The van der Waals surface area contributed by atoms with E-state index in [0.717, 1.165) is 19.3 Å². The Kier molecular flexibility index (Phi) is 4.92. The van der Waals surface area contributed by atoms with Gasteiger partial charge in [0.1, 0.15) is 0 Å². The fourth-order valence-electron chi connectivity index (χ4n) is 1.55. The van der Waals surface area contributed by atoms with E-state index in [9.17, 15) is 4.79 Å². The SMILES string of the molecule is CCCC(Cc1ccccc1)C(=O)[Se]. The minimum atomic E-state index is 0.155. The molecule has 0 amide bonds. The first kappa shape index (κ1) is 11.5. The van der Waals surface area contributed by atoms with E-state index in [-0.39, 0.29) is 10.6 Å². The Morgan fingerprint density at radius 2 is 2.00 bits per heavy atom. The molecule has 0 heterocycles. The Bertz CT molecular complexity index is 282. The van der Waals surface area contributed by atoms with E-state index in [1.165, 1.54) is 5.56 Å². The van der Waals surface area contributed by atoms with Crippen molar-refractivity contribution in [2.75, 3.05) is 0 Å². The van der Waals surface area contributed by atoms with E-state index >= 15 is 0 Å². The molecule has 0 saturated carbocycles. The van der Waals surface area contributed by atoms with E-state index in [2.05, 4.69) is 35.1 Å². The fraction of sp³-hybridized carbons (Fsp3) is 0.417. The maximum absolute atomic E-state index is 11.3. The van der Waals surface area contributed by atoms with Gasteiger partial charge in [-0.05, 0) is 0 Å². The zero-order valence-corrected chi connectivity index (χ0v) is 10.1. The molecule has 1 unspecified atom stereocenters. The number of hydrogen-bond acceptors (Lipinski definition) is 1. The van der Waals surface area contributed by atoms with Crippen molar-refractivity contribution in [3.8, 4) is 0 Å². The molecule has 0 bridgehead atoms. The van der Waals surface area contributed by atoms with E-state index < -0.39 is 0 Å². The first-order chi connectivity index (χ1) is 6.74. The number of carbonyl (C=O) groups excluding carboxylic acids is 1. The summed E-state index contributed by atoms with van der Waals surface area (Å²) in [4.78, 5) is 11.3. The van der Waals surface area contributed by atoms with Gasteiger partial charge in [-0.2, -0.15) is 0 Å². The Morgan fingerprint density at radius 3 is 2.50 bits per heavy atom. The van der Waals surface area contributed by atoms with Gasteiger partial charge >= 0.3 is 93.5 Å². The van der Waals surface area contributed by atoms with Crippen LogP contribution in [0.1, 0.15) is 25.3 Å². The molecular formula is C12H15OSe. The van der Waals surface area contributed by atoms with Gasteiger partial charge in [0.2, 0.25) is 0 Å². The van der Waals surface area contributed by atoms with Crippen LogP contribution in [0.15, 0.2) is 30.3 Å². The Labute approximate surface area is 93.7 Å². The summed E-state index contributed by atoms with van der Waals surface area (Å²) < 4.78 is 0.190. The Morgan fingerprint density at radius 1 is 1.36 bits per heavy atom. The molecular weight excluding hydrogens is 239 g/mol. The third kappa shape index (κ3) is 3.65. The summed E-state index contributed by atoms with van der Waals surface area (Å²) in [5.41, 5.74) is 1.24. The van der Waals surface area contributed by atoms with Crippen molar-refractivity contribution >= 4 is 20.7 Å². The van der Waals surface area contributed by atoms with Crippen molar-refractivity contribution in [3.05, 3.63) is 35.9 Å². The van der Waals surface area contributed by atoms with Crippen LogP contribution in [0.3, 0.4) is 0 Å². The van der Waals surface area contributed by atoms with Crippen LogP contribution in [0, 0.1) is 5.92 Å². The molecule has 0 aliphatic heterocycles. The van der Waals surface area contributed by atoms with Gasteiger partial charge in [-0.25, -0.2) is 0 Å². The van der Waals surface area contributed by atoms with Crippen molar-refractivity contribution in [2.24, 2.45) is 5.92 Å². The van der Waals surface area contributed by atoms with Crippen molar-refractivity contribution < 1.29 is 4.79 Å². The molecule has 0 fully saturated rings. The minimum absolute atomic E-state index is 0.155. The van der Waals surface area contributed by atoms with Crippen molar-refractivity contribution in [1.82, 2.24) is 0 Å². The van der Waals surface area contributed by atoms with Crippen LogP contribution >= 0.6 is 0 Å². The molecule has 1 rings (SSSR count). The topological polar surface area (TPSA) is 17.1 Å². The van der Waals surface area contributed by atoms with Gasteiger partial charge in [-0.1, -0.05) is 0 Å². The third-order valence-corrected chi connectivity index (χ3v) is 2.99. The van der Waals surface area contributed by atoms with Gasteiger partial charge in [0.15, 0.2) is 0 Å². The fourth-order valence-corrected chi connectivity index (χ4v) is 1.97. The van der Waals surface area contributed by atoms with Crippen LogP contribution in [0.2, 0.25) is 0 Å². The summed E-state index contributed by atoms with van der Waals surface area (Å²) in [6, 6.07) is 10.2. The molecule has 75 valence electrons. The summed E-state index contributed by atoms with van der Waals surface area (Å²) in [6.45, 7) is 2.11. The van der Waals surface area contributed by atoms with Crippen molar-refractivity contribution in [3.63, 3.8) is 0 Å². The van der Waals surface area contributed by atoms with E-state index in [0.29, 0.717) is 0 Å². The van der Waals surface area contributed by atoms with E-state index in [1.807, 2.05) is 18.2 Å². The average Bonchev–Trinajstić information content (AvgIpc) is 2.18. The number of rotatable bonds is 5. The number of hydrogen-bond donors (Lipinski definition) is 0. The first-order valence-corrected chi connectivity index (χ1v) is 5.84. The number of benzene rings is 1.